The molecule has 5 atom stereocenters. The Labute approximate surface area is 311 Å². The first kappa shape index (κ1) is 40.1. The molecule has 0 bridgehead atoms. The maximum atomic E-state index is 9.02. The van der Waals surface area contributed by atoms with E-state index in [0.717, 1.165) is 48.1 Å². The van der Waals surface area contributed by atoms with Crippen molar-refractivity contribution >= 4 is 80.7 Å². The van der Waals surface area contributed by atoms with E-state index in [0.29, 0.717) is 17.4 Å². The summed E-state index contributed by atoms with van der Waals surface area (Å²) >= 11 is 11.1. The first-order chi connectivity index (χ1) is 24.1. The molecular weight excluding hydrogens is 765 g/mol. The molecule has 50 heavy (non-hydrogen) atoms. The third kappa shape index (κ3) is 13.5. The van der Waals surface area contributed by atoms with Gasteiger partial charge in [-0.2, -0.15) is 0 Å². The van der Waals surface area contributed by atoms with Crippen LogP contribution in [0.1, 0.15) is 49.3 Å². The lowest BCUT2D eigenvalue weighted by atomic mass is 9.88. The van der Waals surface area contributed by atoms with Crippen molar-refractivity contribution in [3.8, 4) is 17.2 Å². The summed E-state index contributed by atoms with van der Waals surface area (Å²) in [5.74, 6) is 2.38. The molecule has 0 heterocycles. The van der Waals surface area contributed by atoms with E-state index in [1.807, 2.05) is 112 Å². The fourth-order valence-electron chi connectivity index (χ4n) is 4.52. The molecule has 0 amide bonds. The van der Waals surface area contributed by atoms with Crippen LogP contribution in [-0.2, 0) is 28.1 Å². The Morgan fingerprint density at radius 1 is 0.840 bits per heavy atom. The summed E-state index contributed by atoms with van der Waals surface area (Å²) in [5, 5.41) is 9.06. The van der Waals surface area contributed by atoms with Crippen LogP contribution < -0.4 is 13.6 Å². The standard InChI is InChI=1S/C32H40N7O4P5S2/c1-5-6-26-9-17-31(18-10-26)42-48(45(44)37-36-33)43-32-21-13-28(14-22-32)24-35-39(4)47(50)41-30-19-11-27(12-20-30)23-34-38(3)46(49)40-29-15-7-25(2)8-16-29/h5-12,15-20,23-24,28,32H,13-14,21-22,44H2,1-4H3/q+2. The van der Waals surface area contributed by atoms with Gasteiger partial charge in [-0.1, -0.05) is 65.4 Å². The van der Waals surface area contributed by atoms with Crippen LogP contribution in [0.5, 0.6) is 17.2 Å². The van der Waals surface area contributed by atoms with Crippen LogP contribution in [0.15, 0.2) is 94.0 Å². The molecule has 0 aliphatic heterocycles. The topological polar surface area (TPSA) is 117 Å². The van der Waals surface area contributed by atoms with Crippen LogP contribution in [0.25, 0.3) is 16.5 Å². The molecule has 0 N–H and O–H groups in total. The lowest BCUT2D eigenvalue weighted by molar-refractivity contribution is 0.153. The van der Waals surface area contributed by atoms with Crippen molar-refractivity contribution in [2.45, 2.75) is 45.6 Å². The largest absolute Gasteiger partial charge is 0.540 e. The zero-order chi connectivity index (χ0) is 35.9. The maximum Gasteiger partial charge on any atom is 0.540 e. The molecule has 262 valence electrons. The van der Waals surface area contributed by atoms with Crippen molar-refractivity contribution in [1.29, 1.82) is 0 Å². The highest BCUT2D eigenvalue weighted by Gasteiger charge is 2.29. The molecule has 1 aliphatic carbocycles. The van der Waals surface area contributed by atoms with Crippen molar-refractivity contribution in [1.82, 2.24) is 9.56 Å². The van der Waals surface area contributed by atoms with Crippen LogP contribution in [0.3, 0.4) is 0 Å². The average Bonchev–Trinajstić information content (AvgIpc) is 3.12. The highest BCUT2D eigenvalue weighted by molar-refractivity contribution is 8.50. The zero-order valence-corrected chi connectivity index (χ0v) is 34.5. The highest BCUT2D eigenvalue weighted by Crippen LogP contribution is 2.76. The second kappa shape index (κ2) is 21.0. The van der Waals surface area contributed by atoms with Crippen LogP contribution in [0.4, 0.5) is 0 Å². The minimum Gasteiger partial charge on any atom is -0.444 e. The number of hydrazone groups is 2. The van der Waals surface area contributed by atoms with Crippen molar-refractivity contribution < 1.29 is 18.1 Å². The van der Waals surface area contributed by atoms with Gasteiger partial charge in [0.05, 0.1) is 26.4 Å². The van der Waals surface area contributed by atoms with Gasteiger partial charge in [0.2, 0.25) is 23.6 Å². The van der Waals surface area contributed by atoms with Gasteiger partial charge in [0, 0.05) is 11.1 Å². The number of azide groups is 1. The van der Waals surface area contributed by atoms with Gasteiger partial charge in [0.15, 0.2) is 11.5 Å². The molecule has 1 aliphatic rings. The number of rotatable bonds is 17. The Morgan fingerprint density at radius 2 is 1.38 bits per heavy atom. The van der Waals surface area contributed by atoms with E-state index in [1.54, 1.807) is 22.8 Å². The van der Waals surface area contributed by atoms with Crippen LogP contribution in [0, 0.1) is 12.8 Å². The fraction of sp³-hybridized carbons (Fsp3) is 0.312. The smallest absolute Gasteiger partial charge is 0.444 e. The number of hydrogen-bond donors (Lipinski definition) is 0. The molecule has 4 rings (SSSR count). The predicted molar refractivity (Wildman–Crippen MR) is 220 cm³/mol. The summed E-state index contributed by atoms with van der Waals surface area (Å²) in [5.41, 5.74) is 12.2. The normalized spacial score (nSPS) is 17.9. The summed E-state index contributed by atoms with van der Waals surface area (Å²) < 4.78 is 27.8. The minimum absolute atomic E-state index is 0.0175. The third-order valence-electron chi connectivity index (χ3n) is 7.24. The second-order valence-corrected chi connectivity index (χ2v) is 22.1. The number of benzene rings is 3. The Bertz CT molecular complexity index is 1710. The van der Waals surface area contributed by atoms with E-state index in [9.17, 15) is 0 Å². The van der Waals surface area contributed by atoms with Crippen molar-refractivity contribution in [3.63, 3.8) is 0 Å². The van der Waals surface area contributed by atoms with E-state index in [4.69, 9.17) is 47.2 Å². The van der Waals surface area contributed by atoms with E-state index >= 15 is 0 Å². The second-order valence-electron chi connectivity index (χ2n) is 11.1. The highest BCUT2D eigenvalue weighted by atomic mass is 32.4. The van der Waals surface area contributed by atoms with E-state index in [2.05, 4.69) is 28.9 Å². The molecule has 18 heteroatoms. The van der Waals surface area contributed by atoms with Gasteiger partial charge in [-0.25, -0.2) is 0 Å². The maximum absolute atomic E-state index is 9.02. The van der Waals surface area contributed by atoms with Crippen LogP contribution in [0.2, 0.25) is 0 Å². The molecule has 5 unspecified atom stereocenters. The molecule has 11 nitrogen and oxygen atoms in total. The summed E-state index contributed by atoms with van der Waals surface area (Å²) in [6, 6.07) is 23.1. The van der Waals surface area contributed by atoms with E-state index < -0.39 is 29.7 Å². The Hall–Kier alpha value is -2.66. The van der Waals surface area contributed by atoms with E-state index in [1.165, 1.54) is 0 Å². The summed E-state index contributed by atoms with van der Waals surface area (Å²) in [7, 11) is 0.846. The van der Waals surface area contributed by atoms with Gasteiger partial charge in [-0.15, -0.1) is 10.2 Å². The van der Waals surface area contributed by atoms with E-state index in [-0.39, 0.29) is 6.10 Å². The molecule has 1 saturated carbocycles. The monoisotopic (exact) mass is 805 g/mol. The fourth-order valence-corrected chi connectivity index (χ4v) is 10.1. The lowest BCUT2D eigenvalue weighted by Crippen LogP contribution is -2.21. The molecule has 3 aromatic rings. The summed E-state index contributed by atoms with van der Waals surface area (Å²) in [4.78, 5) is 6.88. The Kier molecular flexibility index (Phi) is 16.9. The van der Waals surface area contributed by atoms with Gasteiger partial charge in [0.25, 0.3) is 8.06 Å². The predicted octanol–water partition coefficient (Wildman–Crippen LogP) is 11.6. The molecular formula is C32H40N7O4P5S2+2. The van der Waals surface area contributed by atoms with Crippen LogP contribution in [-0.4, -0.2) is 42.2 Å². The first-order valence-corrected chi connectivity index (χ1v) is 24.9. The number of hydrogen-bond acceptors (Lipinski definition) is 9. The molecule has 0 aromatic heterocycles. The quantitative estimate of drug-likeness (QED) is 0.0331. The summed E-state index contributed by atoms with van der Waals surface area (Å²) in [6.07, 6.45) is 11.3. The number of allylic oxidation sites excluding steroid dienone is 1. The average molecular weight is 806 g/mol. The Morgan fingerprint density at radius 3 is 1.96 bits per heavy atom. The van der Waals surface area contributed by atoms with Crippen molar-refractivity contribution in [2.75, 3.05) is 14.1 Å². The van der Waals surface area contributed by atoms with Gasteiger partial charge in [0.1, 0.15) is 13.2 Å². The molecule has 3 aromatic carbocycles. The van der Waals surface area contributed by atoms with Gasteiger partial charge in [-0.05, 0) is 111 Å². The third-order valence-corrected chi connectivity index (χ3v) is 16.2. The van der Waals surface area contributed by atoms with Gasteiger partial charge >= 0.3 is 14.1 Å². The number of nitrogens with zero attached hydrogens (tertiary/aromatic N) is 7. The molecule has 0 radical (unpaired) electrons. The lowest BCUT2D eigenvalue weighted by Gasteiger charge is -2.30. The zero-order valence-electron chi connectivity index (χ0n) is 28.2. The number of aryl methyl sites for hydroxylation is 1. The molecule has 1 fully saturated rings. The minimum atomic E-state index is -1.43. The van der Waals surface area contributed by atoms with Crippen LogP contribution >= 0.6 is 38.6 Å². The first-order valence-electron chi connectivity index (χ1n) is 15.6. The molecule has 0 spiro atoms. The van der Waals surface area contributed by atoms with Crippen molar-refractivity contribution in [3.05, 3.63) is 106 Å². The van der Waals surface area contributed by atoms with Crippen molar-refractivity contribution in [2.24, 2.45) is 21.0 Å². The molecule has 0 saturated heterocycles. The Balaban J connectivity index is 1.21. The van der Waals surface area contributed by atoms with Gasteiger partial charge < -0.3 is 9.05 Å². The SMILES string of the molecule is CC=Cc1ccc(OP(OC2CCC(C=NN(C)[P+](=S)Oc3ccc(C=NN(C)[P+](=S)Oc4ccc(C)cc4)cc3)CC2)P(P)N=[N+]=[N-])cc1. The van der Waals surface area contributed by atoms with Gasteiger partial charge in [-0.3, -0.25) is 9.05 Å². The summed E-state index contributed by atoms with van der Waals surface area (Å²) in [6.45, 7) is 4.00.